The number of likely N-dealkylation sites (N-methyl/N-ethyl adjacent to an activating group) is 1. The number of rotatable bonds is 4. The summed E-state index contributed by atoms with van der Waals surface area (Å²) >= 11 is 0. The predicted molar refractivity (Wildman–Crippen MR) is 67.2 cm³/mol. The van der Waals surface area contributed by atoms with Crippen LogP contribution in [0.3, 0.4) is 0 Å². The van der Waals surface area contributed by atoms with Gasteiger partial charge < -0.3 is 20.1 Å². The maximum absolute atomic E-state index is 11.5. The summed E-state index contributed by atoms with van der Waals surface area (Å²) in [7, 11) is 1.58. The highest BCUT2D eigenvalue weighted by molar-refractivity contribution is 5.92. The van der Waals surface area contributed by atoms with Gasteiger partial charge in [0.25, 0.3) is 0 Å². The van der Waals surface area contributed by atoms with E-state index in [9.17, 15) is 9.59 Å². The molecule has 19 heavy (non-hydrogen) atoms. The lowest BCUT2D eigenvalue weighted by Gasteiger charge is -2.43. The number of nitrogens with one attached hydrogen (secondary N) is 1. The Morgan fingerprint density at radius 2 is 2.11 bits per heavy atom. The number of carbonyl (C=O) groups excluding carboxylic acids is 2. The van der Waals surface area contributed by atoms with Gasteiger partial charge in [0, 0.05) is 7.05 Å². The van der Waals surface area contributed by atoms with Gasteiger partial charge in [0.1, 0.15) is 12.6 Å². The highest BCUT2D eigenvalue weighted by Crippen LogP contribution is 2.17. The number of nitrogens with zero attached hydrogens (tertiary/aromatic N) is 1. The lowest BCUT2D eigenvalue weighted by atomic mass is 9.97. The molecule has 1 aromatic carbocycles. The van der Waals surface area contributed by atoms with E-state index in [1.807, 2.05) is 30.3 Å². The third-order valence-electron chi connectivity index (χ3n) is 3.17. The minimum atomic E-state index is -0.696. The van der Waals surface area contributed by atoms with E-state index in [2.05, 4.69) is 5.32 Å². The molecule has 1 saturated heterocycles. The fourth-order valence-electron chi connectivity index (χ4n) is 1.97. The first-order valence-electron chi connectivity index (χ1n) is 5.98. The monoisotopic (exact) mass is 264 g/mol. The van der Waals surface area contributed by atoms with Crippen LogP contribution in [0.1, 0.15) is 5.56 Å². The van der Waals surface area contributed by atoms with Crippen LogP contribution in [0.2, 0.25) is 0 Å². The number of hydrogen-bond acceptors (Lipinski definition) is 4. The summed E-state index contributed by atoms with van der Waals surface area (Å²) in [6.07, 6.45) is -0.659. The molecular weight excluding hydrogens is 248 g/mol. The number of β-lactam (4-membered cyclic amide) rings is 1. The molecule has 0 radical (unpaired) electrons. The van der Waals surface area contributed by atoms with Crippen molar-refractivity contribution in [2.75, 3.05) is 13.7 Å². The second-order valence-corrected chi connectivity index (χ2v) is 4.38. The van der Waals surface area contributed by atoms with Gasteiger partial charge in [-0.15, -0.1) is 0 Å². The second kappa shape index (κ2) is 5.71. The number of likely N-dealkylation sites (tertiary alicyclic amines) is 1. The number of ether oxygens (including phenoxy) is 1. The van der Waals surface area contributed by atoms with Crippen LogP contribution < -0.4 is 5.32 Å². The molecule has 0 bridgehead atoms. The van der Waals surface area contributed by atoms with Gasteiger partial charge >= 0.3 is 6.09 Å². The summed E-state index contributed by atoms with van der Waals surface area (Å²) in [6, 6.07) is 8.18. The lowest BCUT2D eigenvalue weighted by molar-refractivity contribution is -0.150. The van der Waals surface area contributed by atoms with Crippen LogP contribution in [-0.4, -0.2) is 47.7 Å². The minimum absolute atomic E-state index is 0.146. The van der Waals surface area contributed by atoms with Gasteiger partial charge in [-0.25, -0.2) is 4.79 Å². The molecule has 2 rings (SSSR count). The molecule has 1 aliphatic heterocycles. The molecule has 2 amide bonds. The number of hydrogen-bond donors (Lipinski definition) is 2. The first kappa shape index (κ1) is 13.4. The van der Waals surface area contributed by atoms with Crippen molar-refractivity contribution < 1.29 is 19.4 Å². The van der Waals surface area contributed by atoms with Gasteiger partial charge in [0.15, 0.2) is 0 Å². The van der Waals surface area contributed by atoms with Crippen LogP contribution in [0.15, 0.2) is 30.3 Å². The molecule has 2 unspecified atom stereocenters. The summed E-state index contributed by atoms with van der Waals surface area (Å²) in [5, 5.41) is 11.5. The Morgan fingerprint density at radius 3 is 2.74 bits per heavy atom. The number of alkyl carbamates (subject to hydrolysis) is 1. The van der Waals surface area contributed by atoms with E-state index < -0.39 is 12.1 Å². The van der Waals surface area contributed by atoms with Crippen LogP contribution >= 0.6 is 0 Å². The minimum Gasteiger partial charge on any atom is -0.445 e. The molecule has 2 atom stereocenters. The van der Waals surface area contributed by atoms with E-state index in [1.54, 1.807) is 7.05 Å². The molecule has 102 valence electrons. The second-order valence-electron chi connectivity index (χ2n) is 4.38. The highest BCUT2D eigenvalue weighted by Gasteiger charge is 2.45. The first-order valence-corrected chi connectivity index (χ1v) is 5.98. The third-order valence-corrected chi connectivity index (χ3v) is 3.17. The van der Waals surface area contributed by atoms with Crippen molar-refractivity contribution in [1.29, 1.82) is 0 Å². The van der Waals surface area contributed by atoms with E-state index in [4.69, 9.17) is 9.84 Å². The first-order chi connectivity index (χ1) is 9.13. The Kier molecular flexibility index (Phi) is 4.01. The maximum atomic E-state index is 11.5. The third kappa shape index (κ3) is 2.85. The largest absolute Gasteiger partial charge is 0.445 e. The lowest BCUT2D eigenvalue weighted by Crippen LogP contribution is -2.70. The van der Waals surface area contributed by atoms with Crippen LogP contribution in [-0.2, 0) is 16.1 Å². The van der Waals surface area contributed by atoms with Gasteiger partial charge in [-0.05, 0) is 5.56 Å². The van der Waals surface area contributed by atoms with Gasteiger partial charge in [-0.2, -0.15) is 0 Å². The summed E-state index contributed by atoms with van der Waals surface area (Å²) in [6.45, 7) is -0.0426. The Labute approximate surface area is 111 Å². The molecule has 0 spiro atoms. The van der Waals surface area contributed by atoms with Crippen LogP contribution in [0.5, 0.6) is 0 Å². The zero-order valence-electron chi connectivity index (χ0n) is 10.6. The molecule has 0 aliphatic carbocycles. The van der Waals surface area contributed by atoms with E-state index in [-0.39, 0.29) is 25.2 Å². The Hall–Kier alpha value is -2.08. The smallest absolute Gasteiger partial charge is 0.408 e. The quantitative estimate of drug-likeness (QED) is 0.757. The fraction of sp³-hybridized carbons (Fsp3) is 0.385. The van der Waals surface area contributed by atoms with Crippen molar-refractivity contribution in [1.82, 2.24) is 10.2 Å². The average molecular weight is 264 g/mol. The van der Waals surface area contributed by atoms with Crippen molar-refractivity contribution in [2.45, 2.75) is 18.7 Å². The molecule has 1 fully saturated rings. The number of carbonyl (C=O) groups is 2. The summed E-state index contributed by atoms with van der Waals surface area (Å²) < 4.78 is 5.01. The molecule has 2 N–H and O–H groups in total. The summed E-state index contributed by atoms with van der Waals surface area (Å²) in [5.41, 5.74) is 0.869. The van der Waals surface area contributed by atoms with Crippen molar-refractivity contribution in [2.24, 2.45) is 0 Å². The normalized spacial score (nSPS) is 21.8. The van der Waals surface area contributed by atoms with Crippen LogP contribution in [0, 0.1) is 0 Å². The molecule has 6 heteroatoms. The highest BCUT2D eigenvalue weighted by atomic mass is 16.5. The summed E-state index contributed by atoms with van der Waals surface area (Å²) in [5.74, 6) is -0.226. The molecule has 0 aromatic heterocycles. The number of benzene rings is 1. The zero-order valence-corrected chi connectivity index (χ0v) is 10.6. The van der Waals surface area contributed by atoms with E-state index in [0.29, 0.717) is 0 Å². The van der Waals surface area contributed by atoms with Crippen molar-refractivity contribution >= 4 is 12.0 Å². The fourth-order valence-corrected chi connectivity index (χ4v) is 1.97. The molecule has 1 heterocycles. The van der Waals surface area contributed by atoms with Crippen LogP contribution in [0.25, 0.3) is 0 Å². The number of aliphatic hydroxyl groups excluding tert-OH is 1. The molecular formula is C13H16N2O4. The Balaban J connectivity index is 1.80. The Morgan fingerprint density at radius 1 is 1.42 bits per heavy atom. The molecule has 0 saturated carbocycles. The SMILES string of the molecule is CN1C(=O)C(NC(=O)OCc2ccccc2)C1CO. The van der Waals surface area contributed by atoms with E-state index >= 15 is 0 Å². The average Bonchev–Trinajstić information content (AvgIpc) is 2.45. The van der Waals surface area contributed by atoms with Gasteiger partial charge in [-0.1, -0.05) is 30.3 Å². The summed E-state index contributed by atoms with van der Waals surface area (Å²) in [4.78, 5) is 24.4. The number of aliphatic hydroxyl groups is 1. The van der Waals surface area contributed by atoms with Crippen molar-refractivity contribution in [3.63, 3.8) is 0 Å². The van der Waals surface area contributed by atoms with E-state index in [0.717, 1.165) is 5.56 Å². The van der Waals surface area contributed by atoms with Crippen molar-refractivity contribution in [3.05, 3.63) is 35.9 Å². The van der Waals surface area contributed by atoms with Crippen molar-refractivity contribution in [3.8, 4) is 0 Å². The maximum Gasteiger partial charge on any atom is 0.408 e. The number of amides is 2. The molecule has 1 aromatic rings. The molecule has 1 aliphatic rings. The zero-order chi connectivity index (χ0) is 13.8. The Bertz CT molecular complexity index is 463. The van der Waals surface area contributed by atoms with Gasteiger partial charge in [0.2, 0.25) is 5.91 Å². The van der Waals surface area contributed by atoms with Gasteiger partial charge in [0.05, 0.1) is 12.6 Å². The molecule has 6 nitrogen and oxygen atoms in total. The van der Waals surface area contributed by atoms with Gasteiger partial charge in [-0.3, -0.25) is 4.79 Å². The standard InChI is InChI=1S/C13H16N2O4/c1-15-10(7-16)11(12(15)17)14-13(18)19-8-9-5-3-2-4-6-9/h2-6,10-11,16H,7-8H2,1H3,(H,14,18). The van der Waals surface area contributed by atoms with E-state index in [1.165, 1.54) is 4.90 Å². The topological polar surface area (TPSA) is 78.9 Å². The predicted octanol–water partition coefficient (Wildman–Crippen LogP) is 0.114. The van der Waals surface area contributed by atoms with Crippen LogP contribution in [0.4, 0.5) is 4.79 Å².